The molecule has 2 fully saturated rings. The predicted octanol–water partition coefficient (Wildman–Crippen LogP) is 3.49. The van der Waals surface area contributed by atoms with Crippen LogP contribution in [-0.2, 0) is 19.4 Å². The third kappa shape index (κ3) is 3.66. The van der Waals surface area contributed by atoms with E-state index in [0.29, 0.717) is 13.0 Å². The average molecular weight is 411 g/mol. The summed E-state index contributed by atoms with van der Waals surface area (Å²) in [4.78, 5) is 26.0. The van der Waals surface area contributed by atoms with Gasteiger partial charge in [-0.1, -0.05) is 6.07 Å². The number of piperidine rings is 1. The maximum Gasteiger partial charge on any atom is 0.410 e. The molecule has 0 radical (unpaired) electrons. The van der Waals surface area contributed by atoms with Crippen LogP contribution in [0, 0.1) is 5.82 Å². The van der Waals surface area contributed by atoms with Crippen LogP contribution in [-0.4, -0.2) is 48.1 Å². The van der Waals surface area contributed by atoms with E-state index in [1.807, 2.05) is 0 Å². The van der Waals surface area contributed by atoms with Crippen LogP contribution in [0.1, 0.15) is 52.9 Å². The highest BCUT2D eigenvalue weighted by atomic mass is 32.2. The maximum atomic E-state index is 13.7. The highest BCUT2D eigenvalue weighted by Crippen LogP contribution is 2.47. The minimum absolute atomic E-state index is 0.158. The minimum atomic E-state index is -4.04. The van der Waals surface area contributed by atoms with Crippen LogP contribution < -0.4 is 0 Å². The van der Waals surface area contributed by atoms with Crippen LogP contribution in [0.15, 0.2) is 29.2 Å². The number of halogens is 1. The molecule has 0 bridgehead atoms. The first kappa shape index (κ1) is 20.8. The third-order valence-electron chi connectivity index (χ3n) is 5.37. The molecule has 28 heavy (non-hydrogen) atoms. The summed E-state index contributed by atoms with van der Waals surface area (Å²) in [7, 11) is -4.04. The van der Waals surface area contributed by atoms with Crippen molar-refractivity contribution in [3.05, 3.63) is 30.1 Å². The molecule has 0 aromatic heterocycles. The summed E-state index contributed by atoms with van der Waals surface area (Å²) in [6, 6.07) is 4.14. The number of ketones is 1. The Morgan fingerprint density at radius 2 is 1.93 bits per heavy atom. The van der Waals surface area contributed by atoms with Crippen molar-refractivity contribution in [1.29, 1.82) is 0 Å². The molecule has 1 aromatic rings. The summed E-state index contributed by atoms with van der Waals surface area (Å²) in [5.41, 5.74) is -0.719. The number of benzene rings is 1. The van der Waals surface area contributed by atoms with Gasteiger partial charge in [0.1, 0.15) is 21.9 Å². The smallest absolute Gasteiger partial charge is 0.410 e. The van der Waals surface area contributed by atoms with Crippen LogP contribution >= 0.6 is 0 Å². The number of Topliss-reactive ketones (excluding diaryl/α,β-unsaturated/α-hetero) is 1. The monoisotopic (exact) mass is 411 g/mol. The van der Waals surface area contributed by atoms with Gasteiger partial charge < -0.3 is 9.64 Å². The van der Waals surface area contributed by atoms with Crippen molar-refractivity contribution in [2.24, 2.45) is 0 Å². The molecule has 1 aliphatic carbocycles. The van der Waals surface area contributed by atoms with Gasteiger partial charge in [-0.15, -0.1) is 0 Å². The van der Waals surface area contributed by atoms with Crippen LogP contribution in [0.2, 0.25) is 0 Å². The standard InChI is InChI=1S/C20H26FNO5S/c1-19(2,3)27-18(24)22-10-5-4-9-17(22)20(12-15(23)13-20)28(25,26)16-8-6-7-14(21)11-16/h6-8,11,17H,4-5,9-10,12-13H2,1-3H3. The van der Waals surface area contributed by atoms with E-state index in [2.05, 4.69) is 0 Å². The van der Waals surface area contributed by atoms with Crippen LogP contribution in [0.4, 0.5) is 9.18 Å². The number of carbonyl (C=O) groups is 2. The molecule has 1 saturated carbocycles. The molecule has 1 saturated heterocycles. The number of carbonyl (C=O) groups excluding carboxylic acids is 2. The Labute approximate surface area is 165 Å². The number of hydrogen-bond acceptors (Lipinski definition) is 5. The highest BCUT2D eigenvalue weighted by Gasteiger charge is 2.61. The number of ether oxygens (including phenoxy) is 1. The lowest BCUT2D eigenvalue weighted by molar-refractivity contribution is -0.128. The summed E-state index contributed by atoms with van der Waals surface area (Å²) in [5.74, 6) is -0.829. The Kier molecular flexibility index (Phi) is 5.29. The van der Waals surface area contributed by atoms with E-state index < -0.39 is 38.1 Å². The van der Waals surface area contributed by atoms with Gasteiger partial charge in [-0.2, -0.15) is 0 Å². The van der Waals surface area contributed by atoms with Gasteiger partial charge in [-0.25, -0.2) is 17.6 Å². The van der Waals surface area contributed by atoms with Crippen molar-refractivity contribution in [2.75, 3.05) is 6.54 Å². The second-order valence-corrected chi connectivity index (χ2v) is 10.9. The molecule has 0 N–H and O–H groups in total. The molecule has 6 nitrogen and oxygen atoms in total. The molecule has 2 aliphatic rings. The maximum absolute atomic E-state index is 13.7. The van der Waals surface area contributed by atoms with E-state index in [-0.39, 0.29) is 23.5 Å². The van der Waals surface area contributed by atoms with Crippen molar-refractivity contribution in [3.63, 3.8) is 0 Å². The Hall–Kier alpha value is -1.96. The number of hydrogen-bond donors (Lipinski definition) is 0. The third-order valence-corrected chi connectivity index (χ3v) is 7.88. The molecule has 0 spiro atoms. The van der Waals surface area contributed by atoms with Crippen LogP contribution in [0.3, 0.4) is 0 Å². The van der Waals surface area contributed by atoms with E-state index in [0.717, 1.165) is 18.9 Å². The van der Waals surface area contributed by atoms with Crippen molar-refractivity contribution in [3.8, 4) is 0 Å². The van der Waals surface area contributed by atoms with Crippen molar-refractivity contribution < 1.29 is 27.1 Å². The highest BCUT2D eigenvalue weighted by molar-refractivity contribution is 7.93. The average Bonchev–Trinajstić information content (AvgIpc) is 2.57. The topological polar surface area (TPSA) is 80.8 Å². The molecular formula is C20H26FNO5S. The van der Waals surface area contributed by atoms with Crippen LogP contribution in [0.5, 0.6) is 0 Å². The lowest BCUT2D eigenvalue weighted by atomic mass is 9.74. The lowest BCUT2D eigenvalue weighted by Gasteiger charge is -2.51. The predicted molar refractivity (Wildman–Crippen MR) is 101 cm³/mol. The Morgan fingerprint density at radius 3 is 2.50 bits per heavy atom. The van der Waals surface area contributed by atoms with E-state index in [4.69, 9.17) is 4.74 Å². The molecule has 1 atom stereocenters. The van der Waals surface area contributed by atoms with E-state index >= 15 is 0 Å². The zero-order valence-corrected chi connectivity index (χ0v) is 17.2. The van der Waals surface area contributed by atoms with Gasteiger partial charge in [0.25, 0.3) is 0 Å². The first-order valence-electron chi connectivity index (χ1n) is 9.48. The quantitative estimate of drug-likeness (QED) is 0.761. The van der Waals surface area contributed by atoms with Gasteiger partial charge in [0.2, 0.25) is 0 Å². The van der Waals surface area contributed by atoms with Gasteiger partial charge in [-0.05, 0) is 58.2 Å². The Balaban J connectivity index is 2.02. The molecule has 154 valence electrons. The largest absolute Gasteiger partial charge is 0.444 e. The summed E-state index contributed by atoms with van der Waals surface area (Å²) < 4.78 is 44.7. The van der Waals surface area contributed by atoms with E-state index in [1.54, 1.807) is 20.8 Å². The molecular weight excluding hydrogens is 385 g/mol. The zero-order valence-electron chi connectivity index (χ0n) is 16.4. The fourth-order valence-electron chi connectivity index (χ4n) is 4.11. The molecule has 1 unspecified atom stereocenters. The van der Waals surface area contributed by atoms with Gasteiger partial charge in [0.15, 0.2) is 9.84 Å². The second kappa shape index (κ2) is 7.13. The SMILES string of the molecule is CC(C)(C)OC(=O)N1CCCCC1C1(S(=O)(=O)c2cccc(F)c2)CC(=O)C1. The molecule has 8 heteroatoms. The zero-order chi connectivity index (χ0) is 20.7. The number of sulfone groups is 1. The van der Waals surface area contributed by atoms with Crippen molar-refractivity contribution in [1.82, 2.24) is 4.90 Å². The Bertz CT molecular complexity index is 882. The van der Waals surface area contributed by atoms with Crippen molar-refractivity contribution in [2.45, 2.75) is 74.2 Å². The summed E-state index contributed by atoms with van der Waals surface area (Å²) >= 11 is 0. The number of rotatable bonds is 3. The van der Waals surface area contributed by atoms with E-state index in [1.165, 1.54) is 23.1 Å². The molecule has 3 rings (SSSR count). The number of amides is 1. The molecule has 1 aromatic carbocycles. The molecule has 1 heterocycles. The number of nitrogens with zero attached hydrogens (tertiary/aromatic N) is 1. The van der Waals surface area contributed by atoms with Gasteiger partial charge in [-0.3, -0.25) is 4.79 Å². The van der Waals surface area contributed by atoms with E-state index in [9.17, 15) is 22.4 Å². The summed E-state index contributed by atoms with van der Waals surface area (Å²) in [6.45, 7) is 5.61. The second-order valence-electron chi connectivity index (χ2n) is 8.60. The van der Waals surface area contributed by atoms with Crippen molar-refractivity contribution >= 4 is 21.7 Å². The van der Waals surface area contributed by atoms with Gasteiger partial charge in [0.05, 0.1) is 10.9 Å². The fourth-order valence-corrected chi connectivity index (χ4v) is 6.41. The van der Waals surface area contributed by atoms with Gasteiger partial charge in [0, 0.05) is 19.4 Å². The first-order valence-corrected chi connectivity index (χ1v) is 11.0. The summed E-state index contributed by atoms with van der Waals surface area (Å²) in [5, 5.41) is 0. The first-order chi connectivity index (χ1) is 13.0. The lowest BCUT2D eigenvalue weighted by Crippen LogP contribution is -2.66. The number of likely N-dealkylation sites (tertiary alicyclic amines) is 1. The molecule has 1 aliphatic heterocycles. The molecule has 1 amide bonds. The fraction of sp³-hybridized carbons (Fsp3) is 0.600. The van der Waals surface area contributed by atoms with Gasteiger partial charge >= 0.3 is 6.09 Å². The Morgan fingerprint density at radius 1 is 1.25 bits per heavy atom. The van der Waals surface area contributed by atoms with Crippen LogP contribution in [0.25, 0.3) is 0 Å². The minimum Gasteiger partial charge on any atom is -0.444 e. The normalized spacial score (nSPS) is 22.5. The summed E-state index contributed by atoms with van der Waals surface area (Å²) in [6.07, 6.45) is 1.02.